The highest BCUT2D eigenvalue weighted by Crippen LogP contribution is 2.41. The molecule has 0 heteroatoms. The summed E-state index contributed by atoms with van der Waals surface area (Å²) in [5.41, 5.74) is 5.43. The molecule has 2 aliphatic rings. The SMILES string of the molecule is C#CC1/C2=C\C=C/C(C)c3ccc(C)cc3C1CC=C2.CC. The third kappa shape index (κ3) is 3.09. The van der Waals surface area contributed by atoms with E-state index >= 15 is 0 Å². The van der Waals surface area contributed by atoms with E-state index in [0.29, 0.717) is 11.8 Å². The van der Waals surface area contributed by atoms with Crippen LogP contribution >= 0.6 is 0 Å². The van der Waals surface area contributed by atoms with Crippen molar-refractivity contribution in [3.8, 4) is 12.3 Å². The zero-order chi connectivity index (χ0) is 16.1. The second-order valence-corrected chi connectivity index (χ2v) is 5.86. The van der Waals surface area contributed by atoms with Crippen molar-refractivity contribution in [1.82, 2.24) is 0 Å². The van der Waals surface area contributed by atoms with Gasteiger partial charge in [0.2, 0.25) is 0 Å². The van der Waals surface area contributed by atoms with Crippen LogP contribution in [-0.4, -0.2) is 0 Å². The minimum absolute atomic E-state index is 0.190. The van der Waals surface area contributed by atoms with Crippen LogP contribution in [0.3, 0.4) is 0 Å². The highest BCUT2D eigenvalue weighted by Gasteiger charge is 2.28. The van der Waals surface area contributed by atoms with Gasteiger partial charge in [-0.25, -0.2) is 0 Å². The maximum atomic E-state index is 5.85. The van der Waals surface area contributed by atoms with E-state index in [-0.39, 0.29) is 5.92 Å². The summed E-state index contributed by atoms with van der Waals surface area (Å²) in [6, 6.07) is 6.81. The summed E-state index contributed by atoms with van der Waals surface area (Å²) in [6.45, 7) is 8.42. The first-order valence-corrected chi connectivity index (χ1v) is 8.32. The molecule has 0 saturated carbocycles. The van der Waals surface area contributed by atoms with Gasteiger partial charge in [0.15, 0.2) is 0 Å². The lowest BCUT2D eigenvalue weighted by molar-refractivity contribution is 0.577. The first-order valence-electron chi connectivity index (χ1n) is 8.32. The number of hydrogen-bond donors (Lipinski definition) is 0. The van der Waals surface area contributed by atoms with Crippen LogP contribution in [-0.2, 0) is 0 Å². The predicted molar refractivity (Wildman–Crippen MR) is 97.0 cm³/mol. The maximum Gasteiger partial charge on any atom is 0.0521 e. The first kappa shape index (κ1) is 16.4. The van der Waals surface area contributed by atoms with Gasteiger partial charge in [-0.3, -0.25) is 0 Å². The van der Waals surface area contributed by atoms with Gasteiger partial charge < -0.3 is 0 Å². The molecular formula is C22H26. The fraction of sp³-hybridized carbons (Fsp3) is 0.364. The van der Waals surface area contributed by atoms with Gasteiger partial charge in [0.1, 0.15) is 0 Å². The van der Waals surface area contributed by atoms with Gasteiger partial charge in [-0.1, -0.05) is 80.8 Å². The minimum atomic E-state index is 0.190. The number of rotatable bonds is 0. The van der Waals surface area contributed by atoms with Crippen molar-refractivity contribution in [2.45, 2.75) is 46.0 Å². The van der Waals surface area contributed by atoms with Crippen LogP contribution in [0, 0.1) is 25.2 Å². The van der Waals surface area contributed by atoms with Gasteiger partial charge in [-0.15, -0.1) is 6.42 Å². The van der Waals surface area contributed by atoms with Crippen molar-refractivity contribution in [3.05, 3.63) is 70.8 Å². The number of fused-ring (bicyclic) bond motifs is 4. The average Bonchev–Trinajstić information content (AvgIpc) is 2.58. The van der Waals surface area contributed by atoms with E-state index in [2.05, 4.69) is 68.3 Å². The van der Waals surface area contributed by atoms with Crippen molar-refractivity contribution in [1.29, 1.82) is 0 Å². The van der Waals surface area contributed by atoms with E-state index in [9.17, 15) is 0 Å². The van der Waals surface area contributed by atoms with Gasteiger partial charge in [0.25, 0.3) is 0 Å². The lowest BCUT2D eigenvalue weighted by Crippen LogP contribution is -2.17. The van der Waals surface area contributed by atoms with E-state index < -0.39 is 0 Å². The Morgan fingerprint density at radius 1 is 1.18 bits per heavy atom. The van der Waals surface area contributed by atoms with Gasteiger partial charge in [-0.2, -0.15) is 0 Å². The highest BCUT2D eigenvalue weighted by atomic mass is 14.3. The van der Waals surface area contributed by atoms with E-state index in [1.54, 1.807) is 0 Å². The Hall–Kier alpha value is -2.00. The lowest BCUT2D eigenvalue weighted by Gasteiger charge is -2.29. The van der Waals surface area contributed by atoms with Gasteiger partial charge in [0, 0.05) is 5.92 Å². The van der Waals surface area contributed by atoms with E-state index in [1.807, 2.05) is 13.8 Å². The van der Waals surface area contributed by atoms with Crippen molar-refractivity contribution < 1.29 is 0 Å². The molecule has 2 aliphatic carbocycles. The Morgan fingerprint density at radius 2 is 1.95 bits per heavy atom. The molecule has 3 unspecified atom stereocenters. The van der Waals surface area contributed by atoms with Crippen LogP contribution < -0.4 is 0 Å². The summed E-state index contributed by atoms with van der Waals surface area (Å²) >= 11 is 0. The lowest BCUT2D eigenvalue weighted by atomic mass is 9.74. The molecule has 0 N–H and O–H groups in total. The standard InChI is InChI=1S/C20H20.C2H6/c1-4-17-16-8-5-7-15(3)18-12-11-14(2)13-20(18)19(17)10-6-9-16;1-2/h1,5-9,11-13,15,17,19H,10H2,2-3H3;1-2H3/b7-5-,16-8-;. The van der Waals surface area contributed by atoms with Crippen LogP contribution in [0.2, 0.25) is 0 Å². The summed E-state index contributed by atoms with van der Waals surface area (Å²) < 4.78 is 0. The molecule has 3 atom stereocenters. The zero-order valence-electron chi connectivity index (χ0n) is 14.1. The molecule has 0 fully saturated rings. The van der Waals surface area contributed by atoms with Crippen molar-refractivity contribution >= 4 is 0 Å². The second kappa shape index (κ2) is 7.32. The van der Waals surface area contributed by atoms with Crippen LogP contribution in [0.25, 0.3) is 0 Å². The Morgan fingerprint density at radius 3 is 2.68 bits per heavy atom. The topological polar surface area (TPSA) is 0 Å². The number of terminal acetylenes is 1. The monoisotopic (exact) mass is 290 g/mol. The molecule has 0 aromatic heterocycles. The zero-order valence-corrected chi connectivity index (χ0v) is 14.1. The van der Waals surface area contributed by atoms with Crippen LogP contribution in [0.4, 0.5) is 0 Å². The molecule has 0 radical (unpaired) electrons. The summed E-state index contributed by atoms with van der Waals surface area (Å²) in [7, 11) is 0. The normalized spacial score (nSPS) is 29.2. The van der Waals surface area contributed by atoms with Gasteiger partial charge in [-0.05, 0) is 36.0 Å². The number of benzene rings is 1. The molecule has 0 spiro atoms. The van der Waals surface area contributed by atoms with Gasteiger partial charge >= 0.3 is 0 Å². The van der Waals surface area contributed by atoms with Crippen molar-refractivity contribution in [3.63, 3.8) is 0 Å². The molecule has 2 bridgehead atoms. The van der Waals surface area contributed by atoms with Crippen molar-refractivity contribution in [2.24, 2.45) is 5.92 Å². The van der Waals surface area contributed by atoms with E-state index in [0.717, 1.165) is 6.42 Å². The number of aryl methyl sites for hydroxylation is 1. The number of allylic oxidation sites excluding steroid dienone is 6. The van der Waals surface area contributed by atoms with Crippen LogP contribution in [0.15, 0.2) is 54.2 Å². The molecule has 0 nitrogen and oxygen atoms in total. The first-order chi connectivity index (χ1) is 10.7. The molecule has 1 aromatic carbocycles. The Balaban J connectivity index is 0.000000847. The summed E-state index contributed by atoms with van der Waals surface area (Å²) in [6.07, 6.45) is 17.9. The average molecular weight is 290 g/mol. The molecule has 22 heavy (non-hydrogen) atoms. The van der Waals surface area contributed by atoms with Crippen LogP contribution in [0.5, 0.6) is 0 Å². The quantitative estimate of drug-likeness (QED) is 0.521. The van der Waals surface area contributed by atoms with Gasteiger partial charge in [0.05, 0.1) is 5.92 Å². The highest BCUT2D eigenvalue weighted by molar-refractivity contribution is 5.46. The number of hydrogen-bond acceptors (Lipinski definition) is 0. The van der Waals surface area contributed by atoms with Crippen molar-refractivity contribution in [2.75, 3.05) is 0 Å². The molecule has 114 valence electrons. The Labute approximate surface area is 135 Å². The second-order valence-electron chi connectivity index (χ2n) is 5.86. The summed E-state index contributed by atoms with van der Waals surface area (Å²) in [4.78, 5) is 0. The van der Waals surface area contributed by atoms with E-state index in [1.165, 1.54) is 22.3 Å². The Kier molecular flexibility index (Phi) is 5.45. The third-order valence-electron chi connectivity index (χ3n) is 4.46. The largest absolute Gasteiger partial charge is 0.119 e. The smallest absolute Gasteiger partial charge is 0.0521 e. The molecule has 3 rings (SSSR count). The molecular weight excluding hydrogens is 264 g/mol. The third-order valence-corrected chi connectivity index (χ3v) is 4.46. The minimum Gasteiger partial charge on any atom is -0.119 e. The molecule has 0 heterocycles. The maximum absolute atomic E-state index is 5.85. The fourth-order valence-electron chi connectivity index (χ4n) is 3.37. The molecule has 0 amide bonds. The molecule has 0 saturated heterocycles. The fourth-order valence-corrected chi connectivity index (χ4v) is 3.37. The summed E-state index contributed by atoms with van der Waals surface area (Å²) in [5, 5.41) is 0. The predicted octanol–water partition coefficient (Wildman–Crippen LogP) is 5.91. The van der Waals surface area contributed by atoms with E-state index in [4.69, 9.17) is 6.42 Å². The molecule has 1 aromatic rings. The van der Waals surface area contributed by atoms with Crippen LogP contribution in [0.1, 0.15) is 55.7 Å². The molecule has 0 aliphatic heterocycles. The summed E-state index contributed by atoms with van der Waals surface area (Å²) in [5.74, 6) is 4.05. The Bertz CT molecular complexity index is 649.